The number of hydrogen-bond donors (Lipinski definition) is 1. The summed E-state index contributed by atoms with van der Waals surface area (Å²) in [6, 6.07) is 5.71. The first-order valence-electron chi connectivity index (χ1n) is 12.3. The Morgan fingerprint density at radius 1 is 1.11 bits per heavy atom. The molecule has 0 spiro atoms. The summed E-state index contributed by atoms with van der Waals surface area (Å²) in [6.07, 6.45) is 9.09. The number of primary sulfonamides is 1. The van der Waals surface area contributed by atoms with Crippen LogP contribution in [0.1, 0.15) is 69.7 Å². The molecular formula is C27H32ClNO5S. The van der Waals surface area contributed by atoms with Gasteiger partial charge in [-0.2, -0.15) is 0 Å². The Kier molecular flexibility index (Phi) is 5.67. The highest BCUT2D eigenvalue weighted by Gasteiger charge is 2.64. The molecule has 0 radical (unpaired) electrons. The van der Waals surface area contributed by atoms with E-state index in [1.165, 1.54) is 18.2 Å². The van der Waals surface area contributed by atoms with Crippen molar-refractivity contribution in [1.82, 2.24) is 0 Å². The molecular weight excluding hydrogens is 486 g/mol. The Morgan fingerprint density at radius 3 is 2.54 bits per heavy atom. The average molecular weight is 518 g/mol. The Bertz CT molecular complexity index is 1290. The van der Waals surface area contributed by atoms with Gasteiger partial charge in [-0.3, -0.25) is 4.79 Å². The van der Waals surface area contributed by atoms with Crippen LogP contribution in [-0.2, 0) is 19.6 Å². The molecule has 6 nitrogen and oxygen atoms in total. The molecule has 1 aromatic carbocycles. The number of esters is 1. The second kappa shape index (κ2) is 8.02. The van der Waals surface area contributed by atoms with E-state index in [9.17, 15) is 18.0 Å². The van der Waals surface area contributed by atoms with Gasteiger partial charge in [-0.1, -0.05) is 37.6 Å². The summed E-state index contributed by atoms with van der Waals surface area (Å²) in [5.74, 6) is 0.620. The largest absolute Gasteiger partial charge is 0.455 e. The molecule has 0 aromatic heterocycles. The summed E-state index contributed by atoms with van der Waals surface area (Å²) < 4.78 is 29.7. The van der Waals surface area contributed by atoms with Crippen molar-refractivity contribution in [3.8, 4) is 0 Å². The van der Waals surface area contributed by atoms with Gasteiger partial charge in [0.2, 0.25) is 10.0 Å². The van der Waals surface area contributed by atoms with E-state index < -0.39 is 21.6 Å². The van der Waals surface area contributed by atoms with Crippen molar-refractivity contribution in [3.63, 3.8) is 0 Å². The first-order valence-corrected chi connectivity index (χ1v) is 14.2. The van der Waals surface area contributed by atoms with Gasteiger partial charge in [0, 0.05) is 10.8 Å². The molecule has 0 heterocycles. The number of hydrogen-bond acceptors (Lipinski definition) is 5. The summed E-state index contributed by atoms with van der Waals surface area (Å²) in [5.41, 5.74) is 0.198. The van der Waals surface area contributed by atoms with Gasteiger partial charge >= 0.3 is 5.97 Å². The minimum Gasteiger partial charge on any atom is -0.455 e. The highest BCUT2D eigenvalue weighted by Crippen LogP contribution is 2.68. The minimum atomic E-state index is -3.92. The number of halogens is 1. The van der Waals surface area contributed by atoms with Crippen LogP contribution in [0, 0.1) is 28.6 Å². The van der Waals surface area contributed by atoms with Crippen LogP contribution in [0.4, 0.5) is 0 Å². The summed E-state index contributed by atoms with van der Waals surface area (Å²) in [4.78, 5) is 25.3. The number of rotatable bonds is 3. The highest BCUT2D eigenvalue weighted by atomic mass is 35.5. The number of sulfonamides is 1. The lowest BCUT2D eigenvalue weighted by atomic mass is 9.47. The van der Waals surface area contributed by atoms with Gasteiger partial charge in [-0.25, -0.2) is 18.4 Å². The number of nitrogens with two attached hydrogens (primary N) is 1. The van der Waals surface area contributed by atoms with E-state index >= 15 is 0 Å². The number of ether oxygens (including phenoxy) is 1. The van der Waals surface area contributed by atoms with Crippen LogP contribution in [0.15, 0.2) is 51.9 Å². The van der Waals surface area contributed by atoms with E-state index in [0.717, 1.165) is 44.1 Å². The van der Waals surface area contributed by atoms with Gasteiger partial charge in [0.05, 0.1) is 15.5 Å². The molecule has 4 aliphatic carbocycles. The molecule has 8 heteroatoms. The van der Waals surface area contributed by atoms with Crippen molar-refractivity contribution in [1.29, 1.82) is 0 Å². The number of carbonyl (C=O) groups excluding carboxylic acids is 2. The van der Waals surface area contributed by atoms with Crippen LogP contribution in [-0.4, -0.2) is 25.8 Å². The van der Waals surface area contributed by atoms with Crippen molar-refractivity contribution in [3.05, 3.63) is 52.6 Å². The lowest BCUT2D eigenvalue weighted by Gasteiger charge is -2.58. The van der Waals surface area contributed by atoms with Crippen LogP contribution in [0.25, 0.3) is 0 Å². The highest BCUT2D eigenvalue weighted by molar-refractivity contribution is 7.89. The summed E-state index contributed by atoms with van der Waals surface area (Å²) in [5, 5.41) is 5.64. The van der Waals surface area contributed by atoms with Crippen molar-refractivity contribution in [2.24, 2.45) is 33.7 Å². The number of allylic oxidation sites excluding steroid dienone is 4. The zero-order valence-corrected chi connectivity index (χ0v) is 21.9. The monoisotopic (exact) mass is 517 g/mol. The molecule has 0 bridgehead atoms. The molecule has 3 unspecified atom stereocenters. The summed E-state index contributed by atoms with van der Waals surface area (Å²) in [7, 11) is -3.92. The molecule has 2 N–H and O–H groups in total. The van der Waals surface area contributed by atoms with Gasteiger partial charge in [0.15, 0.2) is 5.78 Å². The van der Waals surface area contributed by atoms with E-state index in [-0.39, 0.29) is 27.1 Å². The Labute approximate surface area is 212 Å². The first-order chi connectivity index (χ1) is 16.3. The zero-order chi connectivity index (χ0) is 25.4. The molecule has 35 heavy (non-hydrogen) atoms. The zero-order valence-electron chi connectivity index (χ0n) is 20.3. The lowest BCUT2D eigenvalue weighted by Crippen LogP contribution is -2.54. The van der Waals surface area contributed by atoms with Gasteiger partial charge in [-0.05, 0) is 93.1 Å². The minimum absolute atomic E-state index is 0.0925. The smallest absolute Gasteiger partial charge is 0.338 e. The fraction of sp³-hybridized carbons (Fsp3) is 0.556. The Morgan fingerprint density at radius 2 is 1.83 bits per heavy atom. The molecule has 1 aromatic rings. The first kappa shape index (κ1) is 24.7. The van der Waals surface area contributed by atoms with Gasteiger partial charge in [0.1, 0.15) is 5.60 Å². The maximum absolute atomic E-state index is 13.2. The van der Waals surface area contributed by atoms with E-state index in [0.29, 0.717) is 22.8 Å². The predicted octanol–water partition coefficient (Wildman–Crippen LogP) is 5.12. The number of ketones is 1. The van der Waals surface area contributed by atoms with E-state index in [1.54, 1.807) is 12.1 Å². The van der Waals surface area contributed by atoms with Crippen LogP contribution >= 0.6 is 11.6 Å². The van der Waals surface area contributed by atoms with Crippen molar-refractivity contribution >= 4 is 33.4 Å². The fourth-order valence-electron chi connectivity index (χ4n) is 7.74. The summed E-state index contributed by atoms with van der Waals surface area (Å²) in [6.45, 7) is 6.50. The number of fused-ring (bicyclic) bond motifs is 5. The molecule has 0 amide bonds. The quantitative estimate of drug-likeness (QED) is 0.560. The third-order valence-electron chi connectivity index (χ3n) is 9.89. The Balaban J connectivity index is 1.41. The molecule has 4 aliphatic rings. The van der Waals surface area contributed by atoms with Crippen LogP contribution in [0.5, 0.6) is 0 Å². The molecule has 3 saturated carbocycles. The normalized spacial score (nSPS) is 38.5. The van der Waals surface area contributed by atoms with Crippen LogP contribution in [0.2, 0.25) is 0 Å². The topological polar surface area (TPSA) is 104 Å². The van der Waals surface area contributed by atoms with Crippen molar-refractivity contribution in [2.75, 3.05) is 0 Å². The Hall–Kier alpha value is -1.96. The molecule has 3 fully saturated rings. The van der Waals surface area contributed by atoms with Crippen LogP contribution < -0.4 is 5.14 Å². The SMILES string of the molecule is C[C@]12C=CC(=O)C(Cl)=C1CCC1C2CC[C@@]2(C)C1CC[C@]2(C)OC(=O)c1cccc(S(N)(=O)=O)c1. The van der Waals surface area contributed by atoms with Crippen molar-refractivity contribution in [2.45, 2.75) is 69.8 Å². The third kappa shape index (κ3) is 3.65. The maximum atomic E-state index is 13.2. The van der Waals surface area contributed by atoms with Gasteiger partial charge < -0.3 is 4.74 Å². The number of benzene rings is 1. The predicted molar refractivity (Wildman–Crippen MR) is 133 cm³/mol. The van der Waals surface area contributed by atoms with E-state index in [4.69, 9.17) is 21.5 Å². The molecule has 0 saturated heterocycles. The second-order valence-corrected chi connectivity index (χ2v) is 13.3. The van der Waals surface area contributed by atoms with E-state index in [2.05, 4.69) is 19.9 Å². The van der Waals surface area contributed by atoms with Gasteiger partial charge in [0.25, 0.3) is 0 Å². The van der Waals surface area contributed by atoms with Crippen LogP contribution in [0.3, 0.4) is 0 Å². The van der Waals surface area contributed by atoms with Gasteiger partial charge in [-0.15, -0.1) is 0 Å². The third-order valence-corrected chi connectivity index (χ3v) is 11.2. The second-order valence-electron chi connectivity index (χ2n) is 11.4. The molecule has 5 rings (SSSR count). The molecule has 0 aliphatic heterocycles. The molecule has 6 atom stereocenters. The number of carbonyl (C=O) groups is 2. The standard InChI is InChI=1S/C27H32ClNO5S/c1-25-12-11-22(30)23(28)21(25)8-7-18-19(25)9-13-26(2)20(18)10-14-27(26,3)34-24(31)16-5-4-6-17(15-16)35(29,32)33/h4-6,11-12,15,18-20H,7-10,13-14H2,1-3H3,(H2,29,32,33)/t18?,19?,20?,25-,26+,27+/m1/s1. The van der Waals surface area contributed by atoms with Crippen molar-refractivity contribution < 1.29 is 22.7 Å². The maximum Gasteiger partial charge on any atom is 0.338 e. The van der Waals surface area contributed by atoms with E-state index in [1.807, 2.05) is 6.92 Å². The lowest BCUT2D eigenvalue weighted by molar-refractivity contribution is -0.119. The molecule has 188 valence electrons. The average Bonchev–Trinajstić information content (AvgIpc) is 3.06. The summed E-state index contributed by atoms with van der Waals surface area (Å²) >= 11 is 6.48. The fourth-order valence-corrected chi connectivity index (χ4v) is 8.66.